The van der Waals surface area contributed by atoms with E-state index in [1.54, 1.807) is 12.5 Å². The first-order chi connectivity index (χ1) is 7.41. The molecule has 2 aliphatic rings. The number of aliphatic hydroxyl groups excluding tert-OH is 1. The summed E-state index contributed by atoms with van der Waals surface area (Å²) in [5, 5.41) is 8.66. The Morgan fingerprint density at radius 2 is 2.12 bits per heavy atom. The van der Waals surface area contributed by atoms with Crippen molar-refractivity contribution in [2.45, 2.75) is 52.6 Å². The molecular weight excluding hydrogens is 196 g/mol. The molecule has 1 heteroatoms. The van der Waals surface area contributed by atoms with Crippen molar-refractivity contribution in [1.82, 2.24) is 0 Å². The second-order valence-electron chi connectivity index (χ2n) is 5.64. The van der Waals surface area contributed by atoms with Crippen molar-refractivity contribution in [2.75, 3.05) is 0 Å². The van der Waals surface area contributed by atoms with Gasteiger partial charge in [0, 0.05) is 0 Å². The molecule has 2 fully saturated rings. The lowest BCUT2D eigenvalue weighted by Gasteiger charge is -2.19. The predicted molar refractivity (Wildman–Crippen MR) is 70.2 cm³/mol. The Morgan fingerprint density at radius 1 is 1.50 bits per heavy atom. The van der Waals surface area contributed by atoms with Gasteiger partial charge in [-0.25, -0.2) is 0 Å². The third-order valence-corrected chi connectivity index (χ3v) is 3.93. The summed E-state index contributed by atoms with van der Waals surface area (Å²) in [6.07, 6.45) is 4.87. The normalized spacial score (nSPS) is 33.2. The summed E-state index contributed by atoms with van der Waals surface area (Å²) < 4.78 is 0. The zero-order valence-electron chi connectivity index (χ0n) is 11.0. The van der Waals surface area contributed by atoms with Crippen LogP contribution in [0.2, 0.25) is 0 Å². The molecule has 1 nitrogen and oxygen atoms in total. The molecule has 0 aromatic rings. The fourth-order valence-corrected chi connectivity index (χ4v) is 2.99. The third kappa shape index (κ3) is 3.48. The van der Waals surface area contributed by atoms with E-state index in [1.807, 2.05) is 6.92 Å². The minimum absolute atomic E-state index is 0.225. The zero-order chi connectivity index (χ0) is 12.3. The quantitative estimate of drug-likeness (QED) is 0.702. The van der Waals surface area contributed by atoms with Crippen LogP contribution in [-0.4, -0.2) is 11.2 Å². The Bertz CT molecular complexity index is 261. The number of aliphatic hydroxyl groups is 1. The van der Waals surface area contributed by atoms with E-state index in [9.17, 15) is 0 Å². The second kappa shape index (κ2) is 5.67. The van der Waals surface area contributed by atoms with Crippen molar-refractivity contribution in [3.63, 3.8) is 0 Å². The lowest BCUT2D eigenvalue weighted by atomic mass is 9.87. The van der Waals surface area contributed by atoms with Crippen LogP contribution in [-0.2, 0) is 0 Å². The van der Waals surface area contributed by atoms with Gasteiger partial charge >= 0.3 is 0 Å². The number of hydrogen-bond donors (Lipinski definition) is 1. The smallest absolute Gasteiger partial charge is 0.0548 e. The van der Waals surface area contributed by atoms with Gasteiger partial charge in [-0.15, -0.1) is 6.58 Å². The van der Waals surface area contributed by atoms with Crippen LogP contribution in [0.1, 0.15) is 46.5 Å². The Labute approximate surface area is 100 Å². The molecule has 0 saturated heterocycles. The van der Waals surface area contributed by atoms with Gasteiger partial charge in [-0.1, -0.05) is 24.6 Å². The van der Waals surface area contributed by atoms with E-state index in [4.69, 9.17) is 5.11 Å². The number of hydrogen-bond acceptors (Lipinski definition) is 1. The van der Waals surface area contributed by atoms with Gasteiger partial charge in [0.05, 0.1) is 6.10 Å². The molecule has 4 unspecified atom stereocenters. The molecule has 4 atom stereocenters. The van der Waals surface area contributed by atoms with E-state index in [0.29, 0.717) is 0 Å². The van der Waals surface area contributed by atoms with Crippen molar-refractivity contribution in [3.8, 4) is 0 Å². The van der Waals surface area contributed by atoms with E-state index in [0.717, 1.165) is 29.7 Å². The van der Waals surface area contributed by atoms with E-state index in [1.165, 1.54) is 19.3 Å². The molecule has 0 amide bonds. The van der Waals surface area contributed by atoms with Gasteiger partial charge in [0.2, 0.25) is 0 Å². The Balaban J connectivity index is 0.000000168. The standard InChI is InChI=1S/C9H14.C6H12O/c1-6-7(2)9-4-3-8(6)5-9;1-5(2)4-6(3)7/h7-9H,1,3-5H2,2H3;6-7H,1,4H2,2-3H3. The molecule has 0 aliphatic heterocycles. The summed E-state index contributed by atoms with van der Waals surface area (Å²) in [5.41, 5.74) is 2.58. The van der Waals surface area contributed by atoms with Crippen LogP contribution in [0.15, 0.2) is 24.3 Å². The van der Waals surface area contributed by atoms with Crippen LogP contribution in [0.4, 0.5) is 0 Å². The third-order valence-electron chi connectivity index (χ3n) is 3.93. The first kappa shape index (κ1) is 13.5. The predicted octanol–water partition coefficient (Wildman–Crippen LogP) is 3.94. The van der Waals surface area contributed by atoms with Gasteiger partial charge in [0.25, 0.3) is 0 Å². The highest BCUT2D eigenvalue weighted by molar-refractivity contribution is 5.16. The van der Waals surface area contributed by atoms with Crippen LogP contribution in [0.25, 0.3) is 0 Å². The van der Waals surface area contributed by atoms with Crippen LogP contribution in [0, 0.1) is 17.8 Å². The Hall–Kier alpha value is -0.560. The molecule has 2 aliphatic carbocycles. The molecule has 0 aromatic heterocycles. The first-order valence-electron chi connectivity index (χ1n) is 6.43. The molecule has 0 radical (unpaired) electrons. The first-order valence-corrected chi connectivity index (χ1v) is 6.43. The lowest BCUT2D eigenvalue weighted by molar-refractivity contribution is 0.195. The molecule has 1 N–H and O–H groups in total. The molecule has 0 aromatic carbocycles. The summed E-state index contributed by atoms with van der Waals surface area (Å²) in [5.74, 6) is 2.79. The molecular formula is C15H26O. The fraction of sp³-hybridized carbons (Fsp3) is 0.733. The molecule has 2 saturated carbocycles. The summed E-state index contributed by atoms with van der Waals surface area (Å²) in [7, 11) is 0. The van der Waals surface area contributed by atoms with E-state index in [2.05, 4.69) is 20.1 Å². The molecule has 0 heterocycles. The maximum absolute atomic E-state index is 8.66. The summed E-state index contributed by atoms with van der Waals surface area (Å²) in [6, 6.07) is 0. The van der Waals surface area contributed by atoms with E-state index >= 15 is 0 Å². The second-order valence-corrected chi connectivity index (χ2v) is 5.64. The number of allylic oxidation sites excluding steroid dienone is 1. The maximum Gasteiger partial charge on any atom is 0.0548 e. The number of fused-ring (bicyclic) bond motifs is 2. The maximum atomic E-state index is 8.66. The highest BCUT2D eigenvalue weighted by Gasteiger charge is 2.39. The highest BCUT2D eigenvalue weighted by atomic mass is 16.3. The summed E-state index contributed by atoms with van der Waals surface area (Å²) in [6.45, 7) is 13.8. The van der Waals surface area contributed by atoms with Crippen LogP contribution >= 0.6 is 0 Å². The topological polar surface area (TPSA) is 20.2 Å². The average molecular weight is 222 g/mol. The van der Waals surface area contributed by atoms with Gasteiger partial charge in [-0.05, 0) is 57.3 Å². The fourth-order valence-electron chi connectivity index (χ4n) is 2.99. The van der Waals surface area contributed by atoms with Crippen molar-refractivity contribution < 1.29 is 5.11 Å². The van der Waals surface area contributed by atoms with Crippen molar-refractivity contribution in [3.05, 3.63) is 24.3 Å². The van der Waals surface area contributed by atoms with Gasteiger partial charge in [0.1, 0.15) is 0 Å². The van der Waals surface area contributed by atoms with Crippen LogP contribution < -0.4 is 0 Å². The van der Waals surface area contributed by atoms with Crippen molar-refractivity contribution in [2.24, 2.45) is 17.8 Å². The molecule has 0 spiro atoms. The van der Waals surface area contributed by atoms with Gasteiger partial charge < -0.3 is 5.11 Å². The van der Waals surface area contributed by atoms with E-state index < -0.39 is 0 Å². The average Bonchev–Trinajstić information content (AvgIpc) is 2.70. The van der Waals surface area contributed by atoms with Crippen molar-refractivity contribution in [1.29, 1.82) is 0 Å². The lowest BCUT2D eigenvalue weighted by Crippen LogP contribution is -2.08. The van der Waals surface area contributed by atoms with Crippen LogP contribution in [0.3, 0.4) is 0 Å². The van der Waals surface area contributed by atoms with Gasteiger partial charge in [-0.2, -0.15) is 0 Å². The summed E-state index contributed by atoms with van der Waals surface area (Å²) >= 11 is 0. The zero-order valence-corrected chi connectivity index (χ0v) is 11.0. The molecule has 92 valence electrons. The minimum Gasteiger partial charge on any atom is -0.393 e. The van der Waals surface area contributed by atoms with E-state index in [-0.39, 0.29) is 6.10 Å². The minimum atomic E-state index is -0.225. The monoisotopic (exact) mass is 222 g/mol. The largest absolute Gasteiger partial charge is 0.393 e. The van der Waals surface area contributed by atoms with Gasteiger partial charge in [-0.3, -0.25) is 0 Å². The van der Waals surface area contributed by atoms with Crippen molar-refractivity contribution >= 4 is 0 Å². The Kier molecular flexibility index (Phi) is 4.79. The Morgan fingerprint density at radius 3 is 2.31 bits per heavy atom. The van der Waals surface area contributed by atoms with Gasteiger partial charge in [0.15, 0.2) is 0 Å². The van der Waals surface area contributed by atoms with Crippen LogP contribution in [0.5, 0.6) is 0 Å². The summed E-state index contributed by atoms with van der Waals surface area (Å²) in [4.78, 5) is 0. The molecule has 2 rings (SSSR count). The molecule has 16 heavy (non-hydrogen) atoms. The number of rotatable bonds is 2. The SMILES string of the molecule is C=C(C)CC(C)O.C=C1C2CCC(C2)C1C. The highest BCUT2D eigenvalue weighted by Crippen LogP contribution is 2.50. The molecule has 2 bridgehead atoms.